The zero-order chi connectivity index (χ0) is 21.8. The molecule has 0 aromatic heterocycles. The van der Waals surface area contributed by atoms with Crippen LogP contribution in [0.3, 0.4) is 0 Å². The molecule has 0 aliphatic heterocycles. The lowest BCUT2D eigenvalue weighted by Crippen LogP contribution is -2.12. The van der Waals surface area contributed by atoms with E-state index in [0.29, 0.717) is 0 Å². The van der Waals surface area contributed by atoms with Gasteiger partial charge in [0.2, 0.25) is 5.91 Å². The van der Waals surface area contributed by atoms with Gasteiger partial charge in [0, 0.05) is 6.08 Å². The van der Waals surface area contributed by atoms with E-state index in [4.69, 9.17) is 0 Å². The molecule has 0 unspecified atom stereocenters. The molecule has 4 aromatic rings. The fourth-order valence-corrected chi connectivity index (χ4v) is 3.53. The Balaban J connectivity index is 1.62. The van der Waals surface area contributed by atoms with Crippen molar-refractivity contribution in [1.29, 1.82) is 0 Å². The van der Waals surface area contributed by atoms with E-state index in [-0.39, 0.29) is 17.2 Å². The Hall–Kier alpha value is -4.18. The summed E-state index contributed by atoms with van der Waals surface area (Å²) in [6, 6.07) is 28.6. The van der Waals surface area contributed by atoms with Gasteiger partial charge in [-0.15, -0.1) is 0 Å². The number of allylic oxidation sites excluding steroid dienone is 1. The molecule has 31 heavy (non-hydrogen) atoms. The average molecular weight is 407 g/mol. The molecule has 2 N–H and O–H groups in total. The van der Waals surface area contributed by atoms with Crippen LogP contribution in [0.1, 0.15) is 22.8 Å². The minimum absolute atomic E-state index is 0.0461. The first-order valence-corrected chi connectivity index (χ1v) is 9.92. The van der Waals surface area contributed by atoms with E-state index in [1.54, 1.807) is 12.1 Å². The van der Waals surface area contributed by atoms with Crippen molar-refractivity contribution in [2.45, 2.75) is 6.92 Å². The number of hydrogen-bond donors (Lipinski definition) is 2. The van der Waals surface area contributed by atoms with Crippen molar-refractivity contribution in [2.75, 3.05) is 5.32 Å². The third-order valence-corrected chi connectivity index (χ3v) is 5.17. The second kappa shape index (κ2) is 8.67. The zero-order valence-corrected chi connectivity index (χ0v) is 17.0. The van der Waals surface area contributed by atoms with E-state index in [1.807, 2.05) is 79.7 Å². The largest absolute Gasteiger partial charge is 0.478 e. The van der Waals surface area contributed by atoms with E-state index in [9.17, 15) is 14.7 Å². The van der Waals surface area contributed by atoms with Crippen molar-refractivity contribution in [1.82, 2.24) is 0 Å². The fraction of sp³-hybridized carbons (Fsp3) is 0.0370. The summed E-state index contributed by atoms with van der Waals surface area (Å²) in [5.41, 5.74) is 3.81. The summed E-state index contributed by atoms with van der Waals surface area (Å²) < 4.78 is 0. The fourth-order valence-electron chi connectivity index (χ4n) is 3.53. The van der Waals surface area contributed by atoms with E-state index in [2.05, 4.69) is 5.32 Å². The zero-order valence-electron chi connectivity index (χ0n) is 17.0. The molecule has 0 saturated heterocycles. The van der Waals surface area contributed by atoms with Crippen LogP contribution in [0.2, 0.25) is 0 Å². The molecule has 1 amide bonds. The van der Waals surface area contributed by atoms with Crippen LogP contribution >= 0.6 is 0 Å². The lowest BCUT2D eigenvalue weighted by Gasteiger charge is -2.11. The quantitative estimate of drug-likeness (QED) is 0.385. The van der Waals surface area contributed by atoms with Crippen molar-refractivity contribution >= 4 is 33.9 Å². The predicted octanol–water partition coefficient (Wildman–Crippen LogP) is 6.25. The second-order valence-corrected chi connectivity index (χ2v) is 7.31. The topological polar surface area (TPSA) is 66.4 Å². The van der Waals surface area contributed by atoms with Crippen LogP contribution in [-0.2, 0) is 4.79 Å². The van der Waals surface area contributed by atoms with Crippen LogP contribution in [0, 0.1) is 0 Å². The Labute approximate surface area is 180 Å². The van der Waals surface area contributed by atoms with Gasteiger partial charge in [-0.2, -0.15) is 0 Å². The minimum atomic E-state index is -1.09. The number of rotatable bonds is 5. The van der Waals surface area contributed by atoms with Gasteiger partial charge in [0.25, 0.3) is 0 Å². The lowest BCUT2D eigenvalue weighted by atomic mass is 10.0. The minimum Gasteiger partial charge on any atom is -0.478 e. The molecule has 0 radical (unpaired) electrons. The maximum Gasteiger partial charge on any atom is 0.337 e. The molecule has 0 saturated carbocycles. The van der Waals surface area contributed by atoms with Crippen LogP contribution in [0.25, 0.3) is 27.5 Å². The molecular formula is C27H21NO3. The summed E-state index contributed by atoms with van der Waals surface area (Å²) in [7, 11) is 0. The summed E-state index contributed by atoms with van der Waals surface area (Å²) in [6.45, 7) is 1.86. The molecule has 0 atom stereocenters. The number of anilines is 1. The first-order chi connectivity index (χ1) is 15.0. The molecule has 4 rings (SSSR count). The van der Waals surface area contributed by atoms with Gasteiger partial charge in [0.15, 0.2) is 0 Å². The number of carbonyl (C=O) groups excluding carboxylic acids is 1. The van der Waals surface area contributed by atoms with Crippen molar-refractivity contribution < 1.29 is 14.7 Å². The van der Waals surface area contributed by atoms with Gasteiger partial charge < -0.3 is 10.4 Å². The normalized spacial score (nSPS) is 11.3. The highest BCUT2D eigenvalue weighted by Crippen LogP contribution is 2.26. The number of carbonyl (C=O) groups is 2. The maximum absolute atomic E-state index is 12.7. The van der Waals surface area contributed by atoms with Gasteiger partial charge in [-0.05, 0) is 58.2 Å². The van der Waals surface area contributed by atoms with Crippen molar-refractivity contribution in [3.8, 4) is 11.1 Å². The van der Waals surface area contributed by atoms with E-state index in [1.165, 1.54) is 12.1 Å². The molecule has 0 fully saturated rings. The number of fused-ring (bicyclic) bond motifs is 1. The van der Waals surface area contributed by atoms with Crippen LogP contribution in [-0.4, -0.2) is 17.0 Å². The van der Waals surface area contributed by atoms with Crippen molar-refractivity contribution in [3.05, 3.63) is 108 Å². The van der Waals surface area contributed by atoms with Gasteiger partial charge >= 0.3 is 5.97 Å². The van der Waals surface area contributed by atoms with Crippen LogP contribution in [0.15, 0.2) is 97.1 Å². The second-order valence-electron chi connectivity index (χ2n) is 7.31. The average Bonchev–Trinajstić information content (AvgIpc) is 2.79. The lowest BCUT2D eigenvalue weighted by molar-refractivity contribution is -0.111. The Morgan fingerprint density at radius 1 is 0.774 bits per heavy atom. The van der Waals surface area contributed by atoms with Crippen molar-refractivity contribution in [2.24, 2.45) is 0 Å². The number of carboxylic acid groups (broad SMARTS) is 1. The summed E-state index contributed by atoms with van der Waals surface area (Å²) >= 11 is 0. The number of nitrogens with one attached hydrogen (secondary N) is 1. The summed E-state index contributed by atoms with van der Waals surface area (Å²) in [5, 5.41) is 14.5. The highest BCUT2D eigenvalue weighted by Gasteiger charge is 2.13. The summed E-state index contributed by atoms with van der Waals surface area (Å²) in [4.78, 5) is 24.4. The molecule has 152 valence electrons. The summed E-state index contributed by atoms with van der Waals surface area (Å²) in [6.07, 6.45) is 1.49. The number of hydrogen-bond acceptors (Lipinski definition) is 2. The van der Waals surface area contributed by atoms with E-state index >= 15 is 0 Å². The van der Waals surface area contributed by atoms with Crippen LogP contribution in [0.5, 0.6) is 0 Å². The van der Waals surface area contributed by atoms with Crippen LogP contribution in [0.4, 0.5) is 5.69 Å². The van der Waals surface area contributed by atoms with Gasteiger partial charge in [0.1, 0.15) is 0 Å². The van der Waals surface area contributed by atoms with Crippen LogP contribution < -0.4 is 5.32 Å². The first-order valence-electron chi connectivity index (χ1n) is 9.92. The van der Waals surface area contributed by atoms with Gasteiger partial charge in [-0.1, -0.05) is 72.8 Å². The van der Waals surface area contributed by atoms with Gasteiger partial charge in [0.05, 0.1) is 11.3 Å². The first kappa shape index (κ1) is 20.1. The third-order valence-electron chi connectivity index (χ3n) is 5.17. The molecular weight excluding hydrogens is 386 g/mol. The molecule has 0 spiro atoms. The monoisotopic (exact) mass is 407 g/mol. The Morgan fingerprint density at radius 3 is 2.23 bits per heavy atom. The van der Waals surface area contributed by atoms with E-state index < -0.39 is 5.97 Å². The molecule has 0 bridgehead atoms. The maximum atomic E-state index is 12.7. The van der Waals surface area contributed by atoms with Crippen molar-refractivity contribution in [3.63, 3.8) is 0 Å². The molecule has 4 heteroatoms. The molecule has 0 aliphatic carbocycles. The third kappa shape index (κ3) is 4.54. The van der Waals surface area contributed by atoms with Gasteiger partial charge in [-0.3, -0.25) is 4.79 Å². The van der Waals surface area contributed by atoms with E-state index in [0.717, 1.165) is 33.0 Å². The standard InChI is InChI=1S/C27H21NO3/c1-18(21-12-11-20-9-5-6-10-22(20)16-21)15-26(29)28-25-17-23(13-14-24(25)27(30)31)19-7-3-2-4-8-19/h2-17H,1H3,(H,28,29)(H,30,31)/b18-15+. The van der Waals surface area contributed by atoms with Gasteiger partial charge in [-0.25, -0.2) is 4.79 Å². The Morgan fingerprint density at radius 2 is 1.48 bits per heavy atom. The highest BCUT2D eigenvalue weighted by molar-refractivity contribution is 6.08. The SMILES string of the molecule is C/C(=C\C(=O)Nc1cc(-c2ccccc2)ccc1C(=O)O)c1ccc2ccccc2c1. The Bertz CT molecular complexity index is 1310. The Kier molecular flexibility index (Phi) is 5.63. The predicted molar refractivity (Wildman–Crippen MR) is 125 cm³/mol. The highest BCUT2D eigenvalue weighted by atomic mass is 16.4. The molecule has 0 aliphatic rings. The number of benzene rings is 4. The summed E-state index contributed by atoms with van der Waals surface area (Å²) in [5.74, 6) is -1.47. The molecule has 4 aromatic carbocycles. The smallest absolute Gasteiger partial charge is 0.337 e. The number of aromatic carboxylic acids is 1. The number of carboxylic acids is 1. The number of amides is 1. The molecule has 0 heterocycles. The molecule has 4 nitrogen and oxygen atoms in total.